The second kappa shape index (κ2) is 13.1. The number of hydrogen-bond acceptors (Lipinski definition) is 5. The highest BCUT2D eigenvalue weighted by molar-refractivity contribution is 9.13. The molecule has 2 rings (SSSR count). The molecule has 5 atom stereocenters. The number of ether oxygens (including phenoxy) is 1. The van der Waals surface area contributed by atoms with Crippen LogP contribution < -0.4 is 0 Å². The molecule has 0 saturated heterocycles. The number of allylic oxidation sites excluding steroid dienone is 2. The van der Waals surface area contributed by atoms with Gasteiger partial charge in [0.15, 0.2) is 0 Å². The number of aliphatic carboxylic acids is 1. The number of carbonyl (C=O) groups is 1. The molecule has 5 unspecified atom stereocenters. The lowest BCUT2D eigenvalue weighted by molar-refractivity contribution is -0.137. The number of aryl methyl sites for hydroxylation is 1. The van der Waals surface area contributed by atoms with Crippen molar-refractivity contribution in [2.45, 2.75) is 63.3 Å². The summed E-state index contributed by atoms with van der Waals surface area (Å²) in [5.74, 6) is -0.953. The monoisotopic (exact) mass is 564 g/mol. The molecule has 1 aliphatic rings. The number of methoxy groups -OCH3 is 1. The molecular formula is C22H30Br2O5S. The van der Waals surface area contributed by atoms with E-state index in [1.54, 1.807) is 18.4 Å². The zero-order valence-electron chi connectivity index (χ0n) is 17.0. The topological polar surface area (TPSA) is 87.0 Å². The average molecular weight is 566 g/mol. The van der Waals surface area contributed by atoms with E-state index in [2.05, 4.69) is 37.2 Å². The number of aliphatic hydroxyl groups excluding tert-OH is 2. The van der Waals surface area contributed by atoms with Crippen LogP contribution in [0, 0.1) is 11.8 Å². The molecule has 3 N–H and O–H groups in total. The van der Waals surface area contributed by atoms with Gasteiger partial charge < -0.3 is 20.1 Å². The summed E-state index contributed by atoms with van der Waals surface area (Å²) < 4.78 is 7.76. The first-order valence-electron chi connectivity index (χ1n) is 10.2. The van der Waals surface area contributed by atoms with Gasteiger partial charge in [0.2, 0.25) is 0 Å². The van der Waals surface area contributed by atoms with Crippen LogP contribution in [0.15, 0.2) is 38.6 Å². The maximum Gasteiger partial charge on any atom is 0.303 e. The molecule has 0 bridgehead atoms. The second-order valence-electron chi connectivity index (χ2n) is 7.62. The second-order valence-corrected chi connectivity index (χ2v) is 10.2. The first-order chi connectivity index (χ1) is 14.3. The van der Waals surface area contributed by atoms with Crippen LogP contribution in [-0.2, 0) is 16.0 Å². The van der Waals surface area contributed by atoms with Gasteiger partial charge in [0.1, 0.15) is 0 Å². The van der Waals surface area contributed by atoms with Crippen LogP contribution in [-0.4, -0.2) is 46.7 Å². The van der Waals surface area contributed by atoms with Crippen LogP contribution in [0.1, 0.15) is 43.4 Å². The third-order valence-corrected chi connectivity index (χ3v) is 9.19. The van der Waals surface area contributed by atoms with Crippen LogP contribution in [0.5, 0.6) is 0 Å². The molecule has 0 amide bonds. The van der Waals surface area contributed by atoms with Gasteiger partial charge in [0.05, 0.1) is 18.3 Å². The number of rotatable bonds is 12. The van der Waals surface area contributed by atoms with Crippen molar-refractivity contribution in [3.63, 3.8) is 0 Å². The highest BCUT2D eigenvalue weighted by Gasteiger charge is 2.39. The van der Waals surface area contributed by atoms with E-state index in [-0.39, 0.29) is 24.4 Å². The number of halogens is 2. The Morgan fingerprint density at radius 3 is 2.73 bits per heavy atom. The molecule has 1 heterocycles. The molecule has 0 aromatic carbocycles. The van der Waals surface area contributed by atoms with Crippen LogP contribution in [0.2, 0.25) is 0 Å². The number of carboxylic acid groups (broad SMARTS) is 1. The minimum Gasteiger partial charge on any atom is -0.481 e. The molecule has 0 radical (unpaired) electrons. The molecule has 168 valence electrons. The number of aliphatic hydroxyl groups is 2. The predicted molar refractivity (Wildman–Crippen MR) is 127 cm³/mol. The summed E-state index contributed by atoms with van der Waals surface area (Å²) in [6, 6.07) is 0. The highest BCUT2D eigenvalue weighted by Crippen LogP contribution is 2.37. The molecule has 0 spiro atoms. The summed E-state index contributed by atoms with van der Waals surface area (Å²) >= 11 is 8.81. The summed E-state index contributed by atoms with van der Waals surface area (Å²) in [5, 5.41) is 31.5. The van der Waals surface area contributed by atoms with Crippen LogP contribution >= 0.6 is 43.2 Å². The number of carboxylic acids is 1. The van der Waals surface area contributed by atoms with Gasteiger partial charge in [-0.25, -0.2) is 0 Å². The summed E-state index contributed by atoms with van der Waals surface area (Å²) in [6.07, 6.45) is 11.0. The van der Waals surface area contributed by atoms with Crippen LogP contribution in [0.25, 0.3) is 0 Å². The molecule has 8 heteroatoms. The van der Waals surface area contributed by atoms with Crippen molar-refractivity contribution in [1.29, 1.82) is 0 Å². The average Bonchev–Trinajstić information content (AvgIpc) is 3.16. The van der Waals surface area contributed by atoms with E-state index in [0.717, 1.165) is 21.8 Å². The summed E-state index contributed by atoms with van der Waals surface area (Å²) in [6.45, 7) is 0. The molecule has 5 nitrogen and oxygen atoms in total. The molecule has 1 fully saturated rings. The fourth-order valence-electron chi connectivity index (χ4n) is 3.80. The molecule has 1 aliphatic carbocycles. The third-order valence-electron chi connectivity index (χ3n) is 5.52. The highest BCUT2D eigenvalue weighted by atomic mass is 79.9. The Kier molecular flexibility index (Phi) is 11.3. The van der Waals surface area contributed by atoms with Gasteiger partial charge in [0, 0.05) is 45.1 Å². The van der Waals surface area contributed by atoms with Crippen molar-refractivity contribution in [2.75, 3.05) is 7.11 Å². The van der Waals surface area contributed by atoms with Gasteiger partial charge in [-0.3, -0.25) is 4.79 Å². The van der Waals surface area contributed by atoms with Crippen molar-refractivity contribution in [2.24, 2.45) is 11.8 Å². The lowest BCUT2D eigenvalue weighted by Crippen LogP contribution is -2.20. The van der Waals surface area contributed by atoms with Crippen molar-refractivity contribution in [3.05, 3.63) is 43.5 Å². The quantitative estimate of drug-likeness (QED) is 0.235. The Bertz CT molecular complexity index is 733. The SMILES string of the molecule is COC(/C=C/C1C(O)CC(O)C1C/C=C/CCCC(=O)O)CCc1scc(Br)c1Br. The Balaban J connectivity index is 1.89. The van der Waals surface area contributed by atoms with Gasteiger partial charge in [-0.15, -0.1) is 11.3 Å². The molecule has 1 aromatic rings. The van der Waals surface area contributed by atoms with Gasteiger partial charge >= 0.3 is 5.97 Å². The van der Waals surface area contributed by atoms with E-state index in [4.69, 9.17) is 9.84 Å². The van der Waals surface area contributed by atoms with Gasteiger partial charge in [-0.2, -0.15) is 0 Å². The third kappa shape index (κ3) is 7.88. The van der Waals surface area contributed by atoms with E-state index in [1.807, 2.05) is 24.3 Å². The summed E-state index contributed by atoms with van der Waals surface area (Å²) in [4.78, 5) is 11.8. The number of hydrogen-bond donors (Lipinski definition) is 3. The Hall–Kier alpha value is -0.510. The van der Waals surface area contributed by atoms with Crippen molar-refractivity contribution >= 4 is 49.2 Å². The normalized spacial score (nSPS) is 25.5. The van der Waals surface area contributed by atoms with Crippen molar-refractivity contribution in [1.82, 2.24) is 0 Å². The van der Waals surface area contributed by atoms with E-state index in [0.29, 0.717) is 25.7 Å². The Morgan fingerprint density at radius 1 is 1.33 bits per heavy atom. The largest absolute Gasteiger partial charge is 0.481 e. The maximum atomic E-state index is 10.6. The predicted octanol–water partition coefficient (Wildman–Crippen LogP) is 5.34. The number of unbranched alkanes of at least 4 members (excludes halogenated alkanes) is 1. The molecule has 1 aromatic heterocycles. The van der Waals surface area contributed by atoms with Crippen LogP contribution in [0.4, 0.5) is 0 Å². The summed E-state index contributed by atoms with van der Waals surface area (Å²) in [5.41, 5.74) is 0. The molecular weight excluding hydrogens is 536 g/mol. The van der Waals surface area contributed by atoms with Gasteiger partial charge in [-0.05, 0) is 69.9 Å². The van der Waals surface area contributed by atoms with E-state index < -0.39 is 18.2 Å². The van der Waals surface area contributed by atoms with Gasteiger partial charge in [0.25, 0.3) is 0 Å². The maximum absolute atomic E-state index is 10.6. The fraction of sp³-hybridized carbons (Fsp3) is 0.591. The van der Waals surface area contributed by atoms with Crippen molar-refractivity contribution < 1.29 is 24.9 Å². The van der Waals surface area contributed by atoms with E-state index in [9.17, 15) is 15.0 Å². The summed E-state index contributed by atoms with van der Waals surface area (Å²) in [7, 11) is 1.69. The minimum absolute atomic E-state index is 0.0492. The van der Waals surface area contributed by atoms with Crippen molar-refractivity contribution in [3.8, 4) is 0 Å². The van der Waals surface area contributed by atoms with E-state index >= 15 is 0 Å². The Morgan fingerprint density at radius 2 is 2.10 bits per heavy atom. The molecule has 0 aliphatic heterocycles. The van der Waals surface area contributed by atoms with Crippen LogP contribution in [0.3, 0.4) is 0 Å². The number of thiophene rings is 1. The first kappa shape index (κ1) is 25.7. The van der Waals surface area contributed by atoms with Gasteiger partial charge in [-0.1, -0.05) is 24.3 Å². The smallest absolute Gasteiger partial charge is 0.303 e. The molecule has 1 saturated carbocycles. The fourth-order valence-corrected chi connectivity index (χ4v) is 6.00. The Labute approximate surface area is 199 Å². The zero-order chi connectivity index (χ0) is 22.1. The zero-order valence-corrected chi connectivity index (χ0v) is 21.0. The molecule has 30 heavy (non-hydrogen) atoms. The lowest BCUT2D eigenvalue weighted by atomic mass is 9.89. The first-order valence-corrected chi connectivity index (χ1v) is 12.7. The minimum atomic E-state index is -0.783. The standard InChI is InChI=1S/C22H30Br2O5S/c1-29-14(9-11-20-22(24)17(23)13-30-20)8-10-16-15(18(25)12-19(16)26)6-4-2-3-5-7-21(27)28/h2,4,8,10,13-16,18-19,25-26H,3,5-7,9,11-12H2,1H3,(H,27,28)/b4-2+,10-8+. The van der Waals surface area contributed by atoms with E-state index in [1.165, 1.54) is 4.88 Å². The lowest BCUT2D eigenvalue weighted by Gasteiger charge is -2.20.